The van der Waals surface area contributed by atoms with Crippen molar-refractivity contribution in [3.63, 3.8) is 0 Å². The first-order valence-corrected chi connectivity index (χ1v) is 14.6. The highest BCUT2D eigenvalue weighted by Gasteiger charge is 2.09. The minimum atomic E-state index is 0.319. The average molecular weight is 594 g/mol. The summed E-state index contributed by atoms with van der Waals surface area (Å²) in [5.41, 5.74) is 11.3. The SMILES string of the molecule is CN(C)c1ccc(C=NNc2cc(Nc3ccccc3)nc(NN=Cc3ccc(N(C)C)c4ccccc34)n2)c2ccccc12. The molecule has 45 heavy (non-hydrogen) atoms. The number of rotatable bonds is 10. The molecular formula is C36H35N9. The maximum Gasteiger partial charge on any atom is 0.247 e. The van der Waals surface area contributed by atoms with Gasteiger partial charge in [-0.25, -0.2) is 5.43 Å². The van der Waals surface area contributed by atoms with Crippen LogP contribution in [-0.4, -0.2) is 50.6 Å². The van der Waals surface area contributed by atoms with Crippen molar-refractivity contribution in [2.24, 2.45) is 10.2 Å². The molecule has 1 heterocycles. The van der Waals surface area contributed by atoms with Gasteiger partial charge in [0, 0.05) is 73.2 Å². The van der Waals surface area contributed by atoms with E-state index in [2.05, 4.69) is 101 Å². The zero-order valence-electron chi connectivity index (χ0n) is 25.7. The predicted molar refractivity (Wildman–Crippen MR) is 191 cm³/mol. The lowest BCUT2D eigenvalue weighted by atomic mass is 10.0. The Labute approximate surface area is 262 Å². The lowest BCUT2D eigenvalue weighted by Gasteiger charge is -2.16. The molecular weight excluding hydrogens is 558 g/mol. The van der Waals surface area contributed by atoms with Crippen LogP contribution in [-0.2, 0) is 0 Å². The third-order valence-corrected chi connectivity index (χ3v) is 7.36. The maximum atomic E-state index is 4.64. The fourth-order valence-corrected chi connectivity index (χ4v) is 5.23. The van der Waals surface area contributed by atoms with E-state index in [0.717, 1.165) is 49.7 Å². The Balaban J connectivity index is 1.27. The largest absolute Gasteiger partial charge is 0.377 e. The van der Waals surface area contributed by atoms with E-state index in [4.69, 9.17) is 0 Å². The van der Waals surface area contributed by atoms with E-state index in [-0.39, 0.29) is 0 Å². The van der Waals surface area contributed by atoms with Crippen LogP contribution in [0.1, 0.15) is 11.1 Å². The van der Waals surface area contributed by atoms with Crippen molar-refractivity contribution in [2.45, 2.75) is 0 Å². The van der Waals surface area contributed by atoms with Crippen molar-refractivity contribution < 1.29 is 0 Å². The van der Waals surface area contributed by atoms with E-state index in [1.54, 1.807) is 12.3 Å². The van der Waals surface area contributed by atoms with Crippen molar-refractivity contribution in [1.82, 2.24) is 9.97 Å². The van der Waals surface area contributed by atoms with Gasteiger partial charge in [0.05, 0.1) is 12.4 Å². The number of hydrazone groups is 2. The lowest BCUT2D eigenvalue weighted by molar-refractivity contribution is 1.10. The lowest BCUT2D eigenvalue weighted by Crippen LogP contribution is -2.09. The van der Waals surface area contributed by atoms with Crippen LogP contribution in [0.4, 0.5) is 34.6 Å². The predicted octanol–water partition coefficient (Wildman–Crippen LogP) is 7.55. The standard InChI is InChI=1S/C36H35N9/c1-44(2)32-20-18-25(28-14-8-10-16-30(28)32)23-37-42-35-22-34(39-27-12-6-5-7-13-27)40-36(41-35)43-38-24-26-19-21-33(45(3)4)31-17-11-9-15-29(26)31/h5-24H,1-4H3,(H3,39,40,41,42,43). The topological polar surface area (TPSA) is 93.1 Å². The number of hydrogen-bond acceptors (Lipinski definition) is 9. The Morgan fingerprint density at radius 3 is 1.58 bits per heavy atom. The van der Waals surface area contributed by atoms with Crippen molar-refractivity contribution >= 4 is 68.6 Å². The van der Waals surface area contributed by atoms with Crippen LogP contribution in [0, 0.1) is 0 Å². The molecule has 0 aliphatic carbocycles. The monoisotopic (exact) mass is 593 g/mol. The van der Waals surface area contributed by atoms with Crippen LogP contribution in [0.2, 0.25) is 0 Å². The van der Waals surface area contributed by atoms with E-state index in [1.807, 2.05) is 82.9 Å². The second-order valence-electron chi connectivity index (χ2n) is 10.9. The van der Waals surface area contributed by atoms with Crippen LogP contribution < -0.4 is 26.0 Å². The minimum absolute atomic E-state index is 0.319. The first-order chi connectivity index (χ1) is 22.0. The second kappa shape index (κ2) is 13.1. The van der Waals surface area contributed by atoms with Crippen molar-refractivity contribution in [3.8, 4) is 0 Å². The highest BCUT2D eigenvalue weighted by atomic mass is 15.4. The van der Waals surface area contributed by atoms with Crippen LogP contribution >= 0.6 is 0 Å². The molecule has 0 spiro atoms. The molecule has 1 aromatic heterocycles. The van der Waals surface area contributed by atoms with E-state index in [9.17, 15) is 0 Å². The Morgan fingerprint density at radius 1 is 0.533 bits per heavy atom. The molecule has 224 valence electrons. The van der Waals surface area contributed by atoms with Crippen LogP contribution in [0.3, 0.4) is 0 Å². The Kier molecular flexibility index (Phi) is 8.50. The zero-order valence-corrected chi connectivity index (χ0v) is 25.7. The molecule has 5 aromatic carbocycles. The van der Waals surface area contributed by atoms with Gasteiger partial charge in [-0.2, -0.15) is 20.2 Å². The Hall–Kier alpha value is -5.96. The molecule has 0 unspecified atom stereocenters. The Bertz CT molecular complexity index is 1880. The van der Waals surface area contributed by atoms with Gasteiger partial charge in [0.15, 0.2) is 5.82 Å². The number of anilines is 6. The summed E-state index contributed by atoms with van der Waals surface area (Å²) in [5, 5.41) is 16.9. The van der Waals surface area contributed by atoms with Gasteiger partial charge in [0.2, 0.25) is 5.95 Å². The molecule has 3 N–H and O–H groups in total. The number of hydrogen-bond donors (Lipinski definition) is 3. The van der Waals surface area contributed by atoms with Gasteiger partial charge in [-0.1, -0.05) is 78.9 Å². The first kappa shape index (κ1) is 29.1. The molecule has 0 aliphatic rings. The average Bonchev–Trinajstić information content (AvgIpc) is 3.05. The van der Waals surface area contributed by atoms with Gasteiger partial charge < -0.3 is 15.1 Å². The number of nitrogens with zero attached hydrogens (tertiary/aromatic N) is 6. The summed E-state index contributed by atoms with van der Waals surface area (Å²) < 4.78 is 0. The number of para-hydroxylation sites is 1. The number of fused-ring (bicyclic) bond motifs is 2. The summed E-state index contributed by atoms with van der Waals surface area (Å²) in [6.45, 7) is 0. The van der Waals surface area contributed by atoms with E-state index in [0.29, 0.717) is 17.6 Å². The van der Waals surface area contributed by atoms with Gasteiger partial charge in [-0.15, -0.1) is 0 Å². The van der Waals surface area contributed by atoms with Gasteiger partial charge >= 0.3 is 0 Å². The van der Waals surface area contributed by atoms with Crippen molar-refractivity contribution in [1.29, 1.82) is 0 Å². The normalized spacial score (nSPS) is 11.4. The molecule has 0 fully saturated rings. The summed E-state index contributed by atoms with van der Waals surface area (Å²) in [4.78, 5) is 13.5. The summed E-state index contributed by atoms with van der Waals surface area (Å²) >= 11 is 0. The van der Waals surface area contributed by atoms with Crippen LogP contribution in [0.25, 0.3) is 21.5 Å². The first-order valence-electron chi connectivity index (χ1n) is 14.6. The van der Waals surface area contributed by atoms with Gasteiger partial charge in [0.1, 0.15) is 5.82 Å². The highest BCUT2D eigenvalue weighted by Crippen LogP contribution is 2.29. The Morgan fingerprint density at radius 2 is 1.02 bits per heavy atom. The molecule has 0 atom stereocenters. The molecule has 9 nitrogen and oxygen atoms in total. The molecule has 0 amide bonds. The summed E-state index contributed by atoms with van der Waals surface area (Å²) in [6.07, 6.45) is 3.60. The molecule has 0 bridgehead atoms. The second-order valence-corrected chi connectivity index (χ2v) is 10.9. The van der Waals surface area contributed by atoms with Crippen LogP contribution in [0.15, 0.2) is 119 Å². The van der Waals surface area contributed by atoms with E-state index in [1.165, 1.54) is 0 Å². The minimum Gasteiger partial charge on any atom is -0.377 e. The van der Waals surface area contributed by atoms with Gasteiger partial charge in [-0.05, 0) is 35.0 Å². The van der Waals surface area contributed by atoms with Crippen molar-refractivity contribution in [2.75, 3.05) is 54.2 Å². The third-order valence-electron chi connectivity index (χ3n) is 7.36. The third kappa shape index (κ3) is 6.67. The quantitative estimate of drug-likeness (QED) is 0.112. The van der Waals surface area contributed by atoms with Gasteiger partial charge in [-0.3, -0.25) is 5.43 Å². The van der Waals surface area contributed by atoms with Gasteiger partial charge in [0.25, 0.3) is 0 Å². The van der Waals surface area contributed by atoms with Crippen molar-refractivity contribution in [3.05, 3.63) is 120 Å². The zero-order chi connectivity index (χ0) is 31.2. The fourth-order valence-electron chi connectivity index (χ4n) is 5.23. The molecule has 6 rings (SSSR count). The molecule has 0 aliphatic heterocycles. The summed E-state index contributed by atoms with van der Waals surface area (Å²) in [7, 11) is 8.19. The number of nitrogens with one attached hydrogen (secondary N) is 3. The molecule has 0 saturated carbocycles. The molecule has 6 aromatic rings. The van der Waals surface area contributed by atoms with E-state index < -0.39 is 0 Å². The highest BCUT2D eigenvalue weighted by molar-refractivity contribution is 6.06. The molecule has 0 saturated heterocycles. The molecule has 0 radical (unpaired) electrons. The number of benzene rings is 5. The molecule has 9 heteroatoms. The number of aromatic nitrogens is 2. The summed E-state index contributed by atoms with van der Waals surface area (Å²) in [5.74, 6) is 1.42. The maximum absolute atomic E-state index is 4.64. The summed E-state index contributed by atoms with van der Waals surface area (Å²) in [6, 6.07) is 36.6. The smallest absolute Gasteiger partial charge is 0.247 e. The van der Waals surface area contributed by atoms with Crippen LogP contribution in [0.5, 0.6) is 0 Å². The fraction of sp³-hybridized carbons (Fsp3) is 0.111. The van der Waals surface area contributed by atoms with E-state index >= 15 is 0 Å².